The predicted octanol–water partition coefficient (Wildman–Crippen LogP) is 8.61. The highest BCUT2D eigenvalue weighted by Gasteiger charge is 2.27. The second-order valence-corrected chi connectivity index (χ2v) is 13.6. The van der Waals surface area contributed by atoms with Crippen LogP contribution >= 0.6 is 0 Å². The summed E-state index contributed by atoms with van der Waals surface area (Å²) in [7, 11) is 0. The van der Waals surface area contributed by atoms with Gasteiger partial charge < -0.3 is 20.9 Å². The fourth-order valence-corrected chi connectivity index (χ4v) is 6.46. The highest BCUT2D eigenvalue weighted by molar-refractivity contribution is 5.62. The normalized spacial score (nSPS) is 17.2. The highest BCUT2D eigenvalue weighted by atomic mass is 16.7. The predicted molar refractivity (Wildman–Crippen MR) is 157 cm³/mol. The lowest BCUT2D eigenvalue weighted by molar-refractivity contribution is 0.0442. The Morgan fingerprint density at radius 2 is 1.03 bits per heavy atom. The molecule has 0 bridgehead atoms. The molecule has 0 atom stereocenters. The van der Waals surface area contributed by atoms with Crippen LogP contribution in [0, 0.1) is 0 Å². The van der Waals surface area contributed by atoms with Gasteiger partial charge >= 0.3 is 6.16 Å². The minimum absolute atomic E-state index is 0.0445. The van der Waals surface area contributed by atoms with Crippen molar-refractivity contribution in [3.8, 4) is 0 Å². The van der Waals surface area contributed by atoms with E-state index in [-0.39, 0.29) is 24.0 Å². The van der Waals surface area contributed by atoms with Crippen molar-refractivity contribution in [2.45, 2.75) is 129 Å². The van der Waals surface area contributed by atoms with Gasteiger partial charge in [-0.25, -0.2) is 4.79 Å². The molecule has 2 saturated carbocycles. The molecule has 0 unspecified atom stereocenters. The van der Waals surface area contributed by atoms with Gasteiger partial charge in [0.2, 0.25) is 0 Å². The molecular weight excluding hydrogens is 472 g/mol. The Morgan fingerprint density at radius 1 is 0.684 bits per heavy atom. The standard InChI is InChI=1S/C33H48N2O3/c1-32(2,3)27-17-25(21-11-7-8-12-21)23(15-29(27)34)19-37-31(36)38-20-24-16-30(35)28(33(4,5)6)18-26(24)22-13-9-10-14-22/h15-18,21-22H,7-14,19-20,34-35H2,1-6H3. The summed E-state index contributed by atoms with van der Waals surface area (Å²) in [6.45, 7) is 13.4. The molecule has 38 heavy (non-hydrogen) atoms. The maximum Gasteiger partial charge on any atom is 0.508 e. The van der Waals surface area contributed by atoms with Crippen molar-refractivity contribution < 1.29 is 14.3 Å². The van der Waals surface area contributed by atoms with E-state index >= 15 is 0 Å². The molecule has 0 aromatic heterocycles. The van der Waals surface area contributed by atoms with Gasteiger partial charge in [0.05, 0.1) is 0 Å². The third kappa shape index (κ3) is 6.47. The first-order chi connectivity index (χ1) is 17.8. The molecule has 2 aromatic rings. The second kappa shape index (κ2) is 11.2. The first kappa shape index (κ1) is 28.3. The molecule has 0 radical (unpaired) electrons. The van der Waals surface area contributed by atoms with E-state index in [0.29, 0.717) is 11.8 Å². The van der Waals surface area contributed by atoms with Gasteiger partial charge in [0.15, 0.2) is 0 Å². The number of hydrogen-bond donors (Lipinski definition) is 2. The van der Waals surface area contributed by atoms with Crippen molar-refractivity contribution in [1.82, 2.24) is 0 Å². The van der Waals surface area contributed by atoms with Crippen LogP contribution in [0.15, 0.2) is 24.3 Å². The SMILES string of the molecule is CC(C)(C)c1cc(C2CCCC2)c(COC(=O)OCc2cc(N)c(C(C)(C)C)cc2C2CCCC2)cc1N. The van der Waals surface area contributed by atoms with Crippen LogP contribution in [0.4, 0.5) is 16.2 Å². The number of nitrogen functional groups attached to an aromatic ring is 2. The number of ether oxygens (including phenoxy) is 2. The summed E-state index contributed by atoms with van der Waals surface area (Å²) in [6.07, 6.45) is 8.97. The molecule has 0 heterocycles. The number of carbonyl (C=O) groups excluding carboxylic acids is 1. The Morgan fingerprint density at radius 3 is 1.34 bits per heavy atom. The Hall–Kier alpha value is -2.69. The molecule has 4 rings (SSSR count). The van der Waals surface area contributed by atoms with Crippen LogP contribution in [0.25, 0.3) is 0 Å². The van der Waals surface area contributed by atoms with Crippen LogP contribution in [-0.4, -0.2) is 6.16 Å². The summed E-state index contributed by atoms with van der Waals surface area (Å²) in [4.78, 5) is 12.8. The summed E-state index contributed by atoms with van der Waals surface area (Å²) < 4.78 is 11.3. The van der Waals surface area contributed by atoms with E-state index in [1.54, 1.807) is 0 Å². The van der Waals surface area contributed by atoms with Gasteiger partial charge in [-0.1, -0.05) is 79.4 Å². The smallest absolute Gasteiger partial charge is 0.429 e. The summed E-state index contributed by atoms with van der Waals surface area (Å²) >= 11 is 0. The van der Waals surface area contributed by atoms with Crippen LogP contribution in [-0.2, 0) is 33.5 Å². The maximum atomic E-state index is 12.8. The topological polar surface area (TPSA) is 87.6 Å². The van der Waals surface area contributed by atoms with Crippen molar-refractivity contribution in [2.24, 2.45) is 0 Å². The number of hydrogen-bond acceptors (Lipinski definition) is 5. The number of rotatable bonds is 6. The van der Waals surface area contributed by atoms with Crippen LogP contribution in [0.5, 0.6) is 0 Å². The lowest BCUT2D eigenvalue weighted by Gasteiger charge is -2.26. The largest absolute Gasteiger partial charge is 0.508 e. The molecule has 2 aliphatic rings. The van der Waals surface area contributed by atoms with E-state index in [1.165, 1.54) is 62.5 Å². The van der Waals surface area contributed by atoms with Gasteiger partial charge in [-0.3, -0.25) is 0 Å². The first-order valence-corrected chi connectivity index (χ1v) is 14.5. The van der Waals surface area contributed by atoms with Gasteiger partial charge in [-0.2, -0.15) is 0 Å². The van der Waals surface area contributed by atoms with Gasteiger partial charge in [0.1, 0.15) is 13.2 Å². The zero-order valence-electron chi connectivity index (χ0n) is 24.4. The van der Waals surface area contributed by atoms with Gasteiger partial charge in [0, 0.05) is 11.4 Å². The highest BCUT2D eigenvalue weighted by Crippen LogP contribution is 2.41. The Balaban J connectivity index is 1.49. The van der Waals surface area contributed by atoms with E-state index in [2.05, 4.69) is 53.7 Å². The molecule has 0 amide bonds. The zero-order valence-corrected chi connectivity index (χ0v) is 24.4. The summed E-state index contributed by atoms with van der Waals surface area (Å²) in [5.74, 6) is 0.981. The average molecular weight is 521 g/mol. The molecule has 2 aliphatic carbocycles. The average Bonchev–Trinajstić information content (AvgIpc) is 3.54. The van der Waals surface area contributed by atoms with E-state index in [9.17, 15) is 4.79 Å². The second-order valence-electron chi connectivity index (χ2n) is 13.6. The Bertz CT molecular complexity index is 1050. The minimum Gasteiger partial charge on any atom is -0.429 e. The van der Waals surface area contributed by atoms with Crippen molar-refractivity contribution >= 4 is 17.5 Å². The summed E-state index contributed by atoms with van der Waals surface area (Å²) in [5, 5.41) is 0. The number of anilines is 2. The molecule has 2 aromatic carbocycles. The van der Waals surface area contributed by atoms with Crippen molar-refractivity contribution in [3.63, 3.8) is 0 Å². The molecule has 0 aliphatic heterocycles. The summed E-state index contributed by atoms with van der Waals surface area (Å²) in [5.41, 5.74) is 21.2. The number of nitrogens with two attached hydrogens (primary N) is 2. The van der Waals surface area contributed by atoms with Crippen molar-refractivity contribution in [2.75, 3.05) is 11.5 Å². The van der Waals surface area contributed by atoms with Crippen LogP contribution in [0.1, 0.15) is 138 Å². The maximum absolute atomic E-state index is 12.8. The summed E-state index contributed by atoms with van der Waals surface area (Å²) in [6, 6.07) is 8.52. The Kier molecular flexibility index (Phi) is 8.34. The zero-order chi connectivity index (χ0) is 27.7. The monoisotopic (exact) mass is 520 g/mol. The first-order valence-electron chi connectivity index (χ1n) is 14.5. The van der Waals surface area contributed by atoms with Gasteiger partial charge in [-0.15, -0.1) is 0 Å². The molecule has 2 fully saturated rings. The molecule has 4 N–H and O–H groups in total. The quantitative estimate of drug-likeness (QED) is 0.294. The van der Waals surface area contributed by atoms with E-state index in [4.69, 9.17) is 20.9 Å². The van der Waals surface area contributed by atoms with Crippen molar-refractivity contribution in [1.29, 1.82) is 0 Å². The third-order valence-electron chi connectivity index (χ3n) is 8.52. The molecular formula is C33H48N2O3. The van der Waals surface area contributed by atoms with Crippen molar-refractivity contribution in [3.05, 3.63) is 57.6 Å². The molecule has 0 spiro atoms. The van der Waals surface area contributed by atoms with E-state index in [0.717, 1.165) is 33.6 Å². The number of carbonyl (C=O) groups is 1. The van der Waals surface area contributed by atoms with E-state index < -0.39 is 6.16 Å². The van der Waals surface area contributed by atoms with E-state index in [1.807, 2.05) is 12.1 Å². The lowest BCUT2D eigenvalue weighted by Crippen LogP contribution is -2.17. The van der Waals surface area contributed by atoms with Crippen LogP contribution in [0.3, 0.4) is 0 Å². The fourth-order valence-electron chi connectivity index (χ4n) is 6.46. The molecule has 5 nitrogen and oxygen atoms in total. The lowest BCUT2D eigenvalue weighted by atomic mass is 9.81. The van der Waals surface area contributed by atoms with Gasteiger partial charge in [-0.05, 0) is 93.9 Å². The Labute approximate surface area is 229 Å². The fraction of sp³-hybridized carbons (Fsp3) is 0.606. The van der Waals surface area contributed by atoms with Crippen LogP contribution in [0.2, 0.25) is 0 Å². The molecule has 208 valence electrons. The number of benzene rings is 2. The molecule has 5 heteroatoms. The third-order valence-corrected chi connectivity index (χ3v) is 8.52. The minimum atomic E-state index is -0.656. The molecule has 0 saturated heterocycles. The van der Waals surface area contributed by atoms with Gasteiger partial charge in [0.25, 0.3) is 0 Å². The van der Waals surface area contributed by atoms with Crippen LogP contribution < -0.4 is 11.5 Å².